The van der Waals surface area contributed by atoms with E-state index in [9.17, 15) is 9.90 Å². The average Bonchev–Trinajstić information content (AvgIpc) is 3.19. The minimum absolute atomic E-state index is 0.305. The van der Waals surface area contributed by atoms with Gasteiger partial charge in [-0.2, -0.15) is 5.10 Å². The summed E-state index contributed by atoms with van der Waals surface area (Å²) in [5, 5.41) is 16.7. The molecule has 168 valence electrons. The van der Waals surface area contributed by atoms with Crippen LogP contribution in [0, 0.1) is 4.77 Å². The molecule has 0 spiro atoms. The van der Waals surface area contributed by atoms with Gasteiger partial charge < -0.3 is 14.6 Å². The van der Waals surface area contributed by atoms with Crippen LogP contribution in [0.15, 0.2) is 48.5 Å². The van der Waals surface area contributed by atoms with E-state index in [-0.39, 0.29) is 0 Å². The van der Waals surface area contributed by atoms with Gasteiger partial charge in [0.25, 0.3) is 0 Å². The molecule has 0 amide bonds. The molecule has 1 fully saturated rings. The van der Waals surface area contributed by atoms with Gasteiger partial charge >= 0.3 is 5.97 Å². The van der Waals surface area contributed by atoms with Gasteiger partial charge in [0, 0.05) is 31.7 Å². The molecule has 1 saturated heterocycles. The Morgan fingerprint density at radius 2 is 1.97 bits per heavy atom. The molecule has 0 aliphatic carbocycles. The number of aromatic carboxylic acids is 1. The number of carbonyl (C=O) groups is 1. The SMILES string of the molecule is O=C(O)c1ccccc1CCn1c(-c2cccc(OCCN3CCOCC3)c2)n[nH]c1=S. The Hall–Kier alpha value is -3.01. The van der Waals surface area contributed by atoms with E-state index in [1.54, 1.807) is 12.1 Å². The first-order valence-electron chi connectivity index (χ1n) is 10.6. The summed E-state index contributed by atoms with van der Waals surface area (Å²) in [4.78, 5) is 13.8. The van der Waals surface area contributed by atoms with Crippen LogP contribution < -0.4 is 4.74 Å². The van der Waals surface area contributed by atoms with Crippen molar-refractivity contribution in [2.24, 2.45) is 0 Å². The van der Waals surface area contributed by atoms with Gasteiger partial charge in [0.15, 0.2) is 10.6 Å². The second-order valence-electron chi connectivity index (χ2n) is 7.55. The second-order valence-corrected chi connectivity index (χ2v) is 7.93. The van der Waals surface area contributed by atoms with E-state index in [1.165, 1.54) is 0 Å². The third kappa shape index (κ3) is 5.42. The Morgan fingerprint density at radius 1 is 1.16 bits per heavy atom. The monoisotopic (exact) mass is 454 g/mol. The molecular formula is C23H26N4O4S. The Labute approximate surface area is 191 Å². The third-order valence-corrected chi connectivity index (χ3v) is 5.79. The van der Waals surface area contributed by atoms with Crippen LogP contribution in [-0.2, 0) is 17.7 Å². The number of aromatic amines is 1. The van der Waals surface area contributed by atoms with Crippen molar-refractivity contribution in [2.75, 3.05) is 39.5 Å². The molecule has 2 N–H and O–H groups in total. The summed E-state index contributed by atoms with van der Waals surface area (Å²) in [5.74, 6) is 0.535. The van der Waals surface area contributed by atoms with Gasteiger partial charge in [0.1, 0.15) is 12.4 Å². The third-order valence-electron chi connectivity index (χ3n) is 5.48. The number of morpholine rings is 1. The van der Waals surface area contributed by atoms with Crippen LogP contribution in [0.5, 0.6) is 5.75 Å². The Morgan fingerprint density at radius 3 is 2.78 bits per heavy atom. The number of carboxylic acids is 1. The van der Waals surface area contributed by atoms with Gasteiger partial charge in [0.05, 0.1) is 18.8 Å². The molecule has 8 nitrogen and oxygen atoms in total. The molecule has 0 atom stereocenters. The zero-order valence-electron chi connectivity index (χ0n) is 17.7. The smallest absolute Gasteiger partial charge is 0.335 e. The summed E-state index contributed by atoms with van der Waals surface area (Å²) in [5.41, 5.74) is 1.95. The van der Waals surface area contributed by atoms with Gasteiger partial charge in [-0.1, -0.05) is 30.3 Å². The minimum atomic E-state index is -0.932. The van der Waals surface area contributed by atoms with Crippen LogP contribution in [0.1, 0.15) is 15.9 Å². The quantitative estimate of drug-likeness (QED) is 0.480. The minimum Gasteiger partial charge on any atom is -0.492 e. The van der Waals surface area contributed by atoms with E-state index in [0.29, 0.717) is 35.7 Å². The predicted molar refractivity (Wildman–Crippen MR) is 123 cm³/mol. The van der Waals surface area contributed by atoms with Crippen LogP contribution in [-0.4, -0.2) is 70.2 Å². The van der Waals surface area contributed by atoms with Crippen molar-refractivity contribution in [2.45, 2.75) is 13.0 Å². The number of aryl methyl sites for hydroxylation is 1. The number of H-pyrrole nitrogens is 1. The number of nitrogens with zero attached hydrogens (tertiary/aromatic N) is 3. The highest BCUT2D eigenvalue weighted by molar-refractivity contribution is 7.71. The highest BCUT2D eigenvalue weighted by atomic mass is 32.1. The van der Waals surface area contributed by atoms with Crippen LogP contribution in [0.2, 0.25) is 0 Å². The van der Waals surface area contributed by atoms with Gasteiger partial charge in [-0.25, -0.2) is 4.79 Å². The average molecular weight is 455 g/mol. The number of hydrogen-bond acceptors (Lipinski definition) is 6. The summed E-state index contributed by atoms with van der Waals surface area (Å²) >= 11 is 5.43. The van der Waals surface area contributed by atoms with Gasteiger partial charge in [0.2, 0.25) is 0 Å². The number of ether oxygens (including phenoxy) is 2. The largest absolute Gasteiger partial charge is 0.492 e. The lowest BCUT2D eigenvalue weighted by atomic mass is 10.0. The maximum Gasteiger partial charge on any atom is 0.335 e. The lowest BCUT2D eigenvalue weighted by Gasteiger charge is -2.26. The number of hydrogen-bond donors (Lipinski definition) is 2. The van der Waals surface area contributed by atoms with Gasteiger partial charge in [-0.3, -0.25) is 14.6 Å². The fourth-order valence-electron chi connectivity index (χ4n) is 3.77. The van der Waals surface area contributed by atoms with Crippen LogP contribution >= 0.6 is 12.2 Å². The summed E-state index contributed by atoms with van der Waals surface area (Å²) in [6, 6.07) is 14.8. The molecule has 1 aliphatic heterocycles. The number of rotatable bonds is 9. The summed E-state index contributed by atoms with van der Waals surface area (Å²) < 4.78 is 13.7. The first kappa shape index (κ1) is 22.2. The number of nitrogens with one attached hydrogen (secondary N) is 1. The van der Waals surface area contributed by atoms with E-state index < -0.39 is 5.97 Å². The van der Waals surface area contributed by atoms with Crippen molar-refractivity contribution in [1.82, 2.24) is 19.7 Å². The van der Waals surface area contributed by atoms with Crippen molar-refractivity contribution in [3.8, 4) is 17.1 Å². The zero-order valence-corrected chi connectivity index (χ0v) is 18.5. The molecule has 0 bridgehead atoms. The molecular weight excluding hydrogens is 428 g/mol. The highest BCUT2D eigenvalue weighted by Crippen LogP contribution is 2.23. The van der Waals surface area contributed by atoms with E-state index in [1.807, 2.05) is 41.0 Å². The molecule has 9 heteroatoms. The zero-order chi connectivity index (χ0) is 22.3. The lowest BCUT2D eigenvalue weighted by molar-refractivity contribution is 0.0322. The molecule has 4 rings (SSSR count). The molecule has 1 aromatic heterocycles. The Kier molecular flexibility index (Phi) is 7.31. The molecule has 3 aromatic rings. The Bertz CT molecular complexity index is 1120. The van der Waals surface area contributed by atoms with Crippen molar-refractivity contribution in [3.63, 3.8) is 0 Å². The standard InChI is InChI=1S/C23H26N4O4S/c28-22(29)20-7-2-1-4-17(20)8-9-27-21(24-25-23(27)32)18-5-3-6-19(16-18)31-15-12-26-10-13-30-14-11-26/h1-7,16H,8-15H2,(H,25,32)(H,28,29). The molecule has 0 saturated carbocycles. The summed E-state index contributed by atoms with van der Waals surface area (Å²) in [6.45, 7) is 5.38. The van der Waals surface area contributed by atoms with E-state index >= 15 is 0 Å². The molecule has 2 heterocycles. The van der Waals surface area contributed by atoms with Gasteiger partial charge in [-0.15, -0.1) is 0 Å². The van der Waals surface area contributed by atoms with Crippen LogP contribution in [0.25, 0.3) is 11.4 Å². The van der Waals surface area contributed by atoms with Crippen molar-refractivity contribution in [1.29, 1.82) is 0 Å². The fourth-order valence-corrected chi connectivity index (χ4v) is 3.99. The first-order chi connectivity index (χ1) is 15.6. The van der Waals surface area contributed by atoms with Crippen LogP contribution in [0.4, 0.5) is 0 Å². The van der Waals surface area contributed by atoms with Crippen molar-refractivity contribution in [3.05, 3.63) is 64.4 Å². The molecule has 0 radical (unpaired) electrons. The lowest BCUT2D eigenvalue weighted by Crippen LogP contribution is -2.38. The fraction of sp³-hybridized carbons (Fsp3) is 0.348. The number of carboxylic acid groups (broad SMARTS) is 1. The molecule has 2 aromatic carbocycles. The second kappa shape index (κ2) is 10.5. The highest BCUT2D eigenvalue weighted by Gasteiger charge is 2.14. The van der Waals surface area contributed by atoms with E-state index in [4.69, 9.17) is 21.7 Å². The Balaban J connectivity index is 1.45. The number of benzene rings is 2. The topological polar surface area (TPSA) is 92.6 Å². The maximum absolute atomic E-state index is 11.5. The molecule has 1 aliphatic rings. The number of aromatic nitrogens is 3. The van der Waals surface area contributed by atoms with Crippen molar-refractivity contribution >= 4 is 18.2 Å². The predicted octanol–water partition coefficient (Wildman–Crippen LogP) is 3.26. The normalized spacial score (nSPS) is 14.4. The first-order valence-corrected chi connectivity index (χ1v) is 11.0. The summed E-state index contributed by atoms with van der Waals surface area (Å²) in [6.07, 6.45) is 0.527. The van der Waals surface area contributed by atoms with Crippen molar-refractivity contribution < 1.29 is 19.4 Å². The van der Waals surface area contributed by atoms with E-state index in [2.05, 4.69) is 15.1 Å². The van der Waals surface area contributed by atoms with Gasteiger partial charge in [-0.05, 0) is 42.4 Å². The van der Waals surface area contributed by atoms with E-state index in [0.717, 1.165) is 49.7 Å². The summed E-state index contributed by atoms with van der Waals surface area (Å²) in [7, 11) is 0. The molecule has 0 unspecified atom stereocenters. The maximum atomic E-state index is 11.5. The van der Waals surface area contributed by atoms with Crippen LogP contribution in [0.3, 0.4) is 0 Å². The molecule has 32 heavy (non-hydrogen) atoms.